The zero-order chi connectivity index (χ0) is 28.3. The van der Waals surface area contributed by atoms with Gasteiger partial charge in [0.05, 0.1) is 26.5 Å². The molecule has 0 fully saturated rings. The summed E-state index contributed by atoms with van der Waals surface area (Å²) in [5.74, 6) is -0.319. The minimum atomic E-state index is -3.76. The summed E-state index contributed by atoms with van der Waals surface area (Å²) in [6, 6.07) is 24.4. The van der Waals surface area contributed by atoms with Gasteiger partial charge < -0.3 is 20.1 Å². The third-order valence-corrected chi connectivity index (χ3v) is 7.37. The van der Waals surface area contributed by atoms with Crippen molar-refractivity contribution in [3.63, 3.8) is 0 Å². The molecule has 0 aromatic heterocycles. The summed E-state index contributed by atoms with van der Waals surface area (Å²) in [7, 11) is -2.20. The van der Waals surface area contributed by atoms with Crippen molar-refractivity contribution in [1.82, 2.24) is 14.5 Å². The van der Waals surface area contributed by atoms with Gasteiger partial charge in [-0.1, -0.05) is 72.8 Å². The Bertz CT molecular complexity index is 1300. The fraction of sp³-hybridized carbons (Fsp3) is 0.310. The molecule has 0 aliphatic rings. The molecule has 0 aliphatic heterocycles. The van der Waals surface area contributed by atoms with E-state index in [9.17, 15) is 23.1 Å². The van der Waals surface area contributed by atoms with Crippen molar-refractivity contribution in [2.45, 2.75) is 25.6 Å². The van der Waals surface area contributed by atoms with Crippen molar-refractivity contribution in [3.05, 3.63) is 102 Å². The summed E-state index contributed by atoms with van der Waals surface area (Å²) in [6.45, 7) is -0.590. The van der Waals surface area contributed by atoms with Crippen LogP contribution in [0.2, 0.25) is 0 Å². The number of rotatable bonds is 14. The average Bonchev–Trinajstić information content (AvgIpc) is 2.94. The van der Waals surface area contributed by atoms with Crippen molar-refractivity contribution in [2.24, 2.45) is 0 Å². The fourth-order valence-electron chi connectivity index (χ4n) is 4.10. The van der Waals surface area contributed by atoms with Crippen LogP contribution in [0.5, 0.6) is 5.75 Å². The second kappa shape index (κ2) is 14.4. The molecule has 9 nitrogen and oxygen atoms in total. The predicted octanol–water partition coefficient (Wildman–Crippen LogP) is 2.21. The van der Waals surface area contributed by atoms with E-state index in [0.29, 0.717) is 5.75 Å². The molecule has 0 heterocycles. The molecule has 0 unspecified atom stereocenters. The highest BCUT2D eigenvalue weighted by molar-refractivity contribution is 7.88. The zero-order valence-corrected chi connectivity index (χ0v) is 23.0. The Labute approximate surface area is 230 Å². The standard InChI is InChI=1S/C29H35N3O6S/c1-38-26-15-13-25(14-16-26)21-32(27(29(35)30-17-18-33)19-23-9-5-3-6-10-23)28(34)22-31(39(2,36)37)20-24-11-7-4-8-12-24/h3-16,27,33H,17-22H2,1-2H3,(H,30,35)/t27-/m1/s1. The van der Waals surface area contributed by atoms with Gasteiger partial charge in [-0.25, -0.2) is 8.42 Å². The SMILES string of the molecule is COc1ccc(CN(C(=O)CN(Cc2ccccc2)S(C)(=O)=O)[C@H](Cc2ccccc2)C(=O)NCCO)cc1. The van der Waals surface area contributed by atoms with Gasteiger partial charge in [0.15, 0.2) is 0 Å². The third-order valence-electron chi connectivity index (χ3n) is 6.18. The highest BCUT2D eigenvalue weighted by Crippen LogP contribution is 2.19. The Morgan fingerprint density at radius 2 is 1.44 bits per heavy atom. The number of sulfonamides is 1. The highest BCUT2D eigenvalue weighted by atomic mass is 32.2. The number of carbonyl (C=O) groups is 2. The van der Waals surface area contributed by atoms with Gasteiger partial charge in [-0.3, -0.25) is 9.59 Å². The number of nitrogens with one attached hydrogen (secondary N) is 1. The number of aliphatic hydroxyl groups is 1. The molecule has 0 radical (unpaired) electrons. The van der Waals surface area contributed by atoms with Crippen LogP contribution in [-0.4, -0.2) is 73.6 Å². The van der Waals surface area contributed by atoms with Crippen LogP contribution in [0.15, 0.2) is 84.9 Å². The number of hydrogen-bond donors (Lipinski definition) is 2. The molecule has 10 heteroatoms. The first-order valence-electron chi connectivity index (χ1n) is 12.5. The van der Waals surface area contributed by atoms with Gasteiger partial charge in [0, 0.05) is 26.1 Å². The van der Waals surface area contributed by atoms with Gasteiger partial charge in [0.1, 0.15) is 11.8 Å². The van der Waals surface area contributed by atoms with Crippen LogP contribution in [0, 0.1) is 0 Å². The van der Waals surface area contributed by atoms with E-state index in [2.05, 4.69) is 5.32 Å². The maximum Gasteiger partial charge on any atom is 0.243 e. The van der Waals surface area contributed by atoms with Gasteiger partial charge in [-0.05, 0) is 28.8 Å². The van der Waals surface area contributed by atoms with E-state index in [1.807, 2.05) is 36.4 Å². The normalized spacial score (nSPS) is 12.1. The van der Waals surface area contributed by atoms with Crippen LogP contribution in [-0.2, 0) is 39.1 Å². The molecule has 2 amide bonds. The summed E-state index contributed by atoms with van der Waals surface area (Å²) < 4.78 is 31.7. The van der Waals surface area contributed by atoms with Crippen molar-refractivity contribution < 1.29 is 27.9 Å². The summed E-state index contributed by atoms with van der Waals surface area (Å²) >= 11 is 0. The largest absolute Gasteiger partial charge is 0.497 e. The van der Waals surface area contributed by atoms with Crippen molar-refractivity contribution in [3.8, 4) is 5.75 Å². The Kier molecular flexibility index (Phi) is 11.0. The van der Waals surface area contributed by atoms with E-state index in [1.54, 1.807) is 55.6 Å². The van der Waals surface area contributed by atoms with E-state index in [4.69, 9.17) is 4.74 Å². The monoisotopic (exact) mass is 553 g/mol. The second-order valence-corrected chi connectivity index (χ2v) is 11.1. The van der Waals surface area contributed by atoms with E-state index in [0.717, 1.165) is 27.3 Å². The minimum Gasteiger partial charge on any atom is -0.497 e. The van der Waals surface area contributed by atoms with Crippen LogP contribution in [0.1, 0.15) is 16.7 Å². The molecule has 3 rings (SSSR count). The number of ether oxygens (including phenoxy) is 1. The molecule has 3 aromatic carbocycles. The number of amides is 2. The Morgan fingerprint density at radius 1 is 0.872 bits per heavy atom. The predicted molar refractivity (Wildman–Crippen MR) is 149 cm³/mol. The number of nitrogens with zero attached hydrogens (tertiary/aromatic N) is 2. The summed E-state index contributed by atoms with van der Waals surface area (Å²) in [5.41, 5.74) is 2.31. The second-order valence-electron chi connectivity index (χ2n) is 9.11. The first kappa shape index (κ1) is 29.8. The Hall–Kier alpha value is -3.73. The van der Waals surface area contributed by atoms with E-state index < -0.39 is 34.4 Å². The van der Waals surface area contributed by atoms with Crippen LogP contribution in [0.25, 0.3) is 0 Å². The topological polar surface area (TPSA) is 116 Å². The molecule has 2 N–H and O–H groups in total. The maximum absolute atomic E-state index is 13.9. The Morgan fingerprint density at radius 3 is 1.97 bits per heavy atom. The van der Waals surface area contributed by atoms with Crippen LogP contribution >= 0.6 is 0 Å². The smallest absolute Gasteiger partial charge is 0.243 e. The molecule has 39 heavy (non-hydrogen) atoms. The van der Waals surface area contributed by atoms with Gasteiger partial charge in [-0.15, -0.1) is 0 Å². The number of carbonyl (C=O) groups excluding carboxylic acids is 2. The lowest BCUT2D eigenvalue weighted by Crippen LogP contribution is -2.53. The van der Waals surface area contributed by atoms with Crippen LogP contribution < -0.4 is 10.1 Å². The van der Waals surface area contributed by atoms with Crippen LogP contribution in [0.3, 0.4) is 0 Å². The van der Waals surface area contributed by atoms with Crippen molar-refractivity contribution in [2.75, 3.05) is 33.1 Å². The first-order valence-corrected chi connectivity index (χ1v) is 14.4. The maximum atomic E-state index is 13.9. The lowest BCUT2D eigenvalue weighted by molar-refractivity contribution is -0.141. The minimum absolute atomic E-state index is 0.0157. The van der Waals surface area contributed by atoms with Gasteiger partial charge in [0.2, 0.25) is 21.8 Å². The molecule has 0 spiro atoms. The zero-order valence-electron chi connectivity index (χ0n) is 22.2. The fourth-order valence-corrected chi connectivity index (χ4v) is 4.83. The first-order chi connectivity index (χ1) is 18.7. The molecule has 0 saturated heterocycles. The van der Waals surface area contributed by atoms with E-state index in [-0.39, 0.29) is 32.7 Å². The number of benzene rings is 3. The van der Waals surface area contributed by atoms with Gasteiger partial charge >= 0.3 is 0 Å². The summed E-state index contributed by atoms with van der Waals surface area (Å²) in [6.07, 6.45) is 1.27. The van der Waals surface area contributed by atoms with E-state index >= 15 is 0 Å². The molecule has 0 saturated carbocycles. The molecule has 0 aliphatic carbocycles. The lowest BCUT2D eigenvalue weighted by Gasteiger charge is -2.33. The van der Waals surface area contributed by atoms with Gasteiger partial charge in [0.25, 0.3) is 0 Å². The third kappa shape index (κ3) is 9.20. The highest BCUT2D eigenvalue weighted by Gasteiger charge is 2.32. The number of methoxy groups -OCH3 is 1. The average molecular weight is 554 g/mol. The quantitative estimate of drug-likeness (QED) is 0.316. The van der Waals surface area contributed by atoms with Gasteiger partial charge in [-0.2, -0.15) is 4.31 Å². The Balaban J connectivity index is 1.98. The van der Waals surface area contributed by atoms with Crippen molar-refractivity contribution >= 4 is 21.8 Å². The number of hydrogen-bond acceptors (Lipinski definition) is 6. The van der Waals surface area contributed by atoms with E-state index in [1.165, 1.54) is 4.90 Å². The molecule has 1 atom stereocenters. The van der Waals surface area contributed by atoms with Crippen LogP contribution in [0.4, 0.5) is 0 Å². The molecular weight excluding hydrogens is 518 g/mol. The number of aliphatic hydroxyl groups excluding tert-OH is 1. The molecular formula is C29H35N3O6S. The molecule has 208 valence electrons. The lowest BCUT2D eigenvalue weighted by atomic mass is 10.0. The van der Waals surface area contributed by atoms with Crippen molar-refractivity contribution in [1.29, 1.82) is 0 Å². The molecule has 3 aromatic rings. The summed E-state index contributed by atoms with van der Waals surface area (Å²) in [4.78, 5) is 28.6. The molecule has 0 bridgehead atoms. The summed E-state index contributed by atoms with van der Waals surface area (Å²) in [5, 5.41) is 12.0.